The van der Waals surface area contributed by atoms with Crippen molar-refractivity contribution in [1.82, 2.24) is 4.90 Å². The Morgan fingerprint density at radius 1 is 1.13 bits per heavy atom. The fourth-order valence-corrected chi connectivity index (χ4v) is 2.81. The maximum Gasteiger partial charge on any atom is 0.334 e. The minimum Gasteiger partial charge on any atom is -0.398 e. The normalized spacial score (nSPS) is 12.4. The van der Waals surface area contributed by atoms with Crippen molar-refractivity contribution in [3.63, 3.8) is 0 Å². The molecule has 0 bridgehead atoms. The molecule has 0 aliphatic heterocycles. The van der Waals surface area contributed by atoms with E-state index in [0.29, 0.717) is 0 Å². The molecular formula is C10H26N2O2Si. The van der Waals surface area contributed by atoms with E-state index >= 15 is 0 Å². The van der Waals surface area contributed by atoms with Crippen molar-refractivity contribution in [3.05, 3.63) is 0 Å². The molecule has 0 aliphatic rings. The summed E-state index contributed by atoms with van der Waals surface area (Å²) in [6.45, 7) is 5.05. The third-order valence-electron chi connectivity index (χ3n) is 2.78. The molecular weight excluding hydrogens is 208 g/mol. The highest BCUT2D eigenvalue weighted by Gasteiger charge is 2.27. The monoisotopic (exact) mass is 234 g/mol. The molecule has 0 fully saturated rings. The van der Waals surface area contributed by atoms with Gasteiger partial charge in [0.1, 0.15) is 0 Å². The van der Waals surface area contributed by atoms with Crippen LogP contribution in [0.2, 0.25) is 12.6 Å². The van der Waals surface area contributed by atoms with Crippen molar-refractivity contribution in [2.45, 2.75) is 25.4 Å². The van der Waals surface area contributed by atoms with Crippen LogP contribution in [0.5, 0.6) is 0 Å². The molecule has 5 heteroatoms. The first-order valence-electron chi connectivity index (χ1n) is 5.57. The molecule has 0 aromatic carbocycles. The van der Waals surface area contributed by atoms with E-state index < -0.39 is 8.56 Å². The maximum atomic E-state index is 5.46. The van der Waals surface area contributed by atoms with Crippen molar-refractivity contribution in [3.8, 4) is 0 Å². The van der Waals surface area contributed by atoms with E-state index in [4.69, 9.17) is 14.6 Å². The zero-order chi connectivity index (χ0) is 11.7. The molecule has 0 spiro atoms. The van der Waals surface area contributed by atoms with Gasteiger partial charge in [-0.1, -0.05) is 0 Å². The molecule has 15 heavy (non-hydrogen) atoms. The molecule has 4 nitrogen and oxygen atoms in total. The SMILES string of the molecule is CO[Si](C)(CCCN(C)CCCN)OC. The summed E-state index contributed by atoms with van der Waals surface area (Å²) < 4.78 is 10.9. The molecule has 0 heterocycles. The molecule has 92 valence electrons. The summed E-state index contributed by atoms with van der Waals surface area (Å²) in [7, 11) is 3.77. The second-order valence-corrected chi connectivity index (χ2v) is 7.68. The van der Waals surface area contributed by atoms with E-state index in [1.54, 1.807) is 14.2 Å². The average Bonchev–Trinajstić information content (AvgIpc) is 2.26. The third-order valence-corrected chi connectivity index (χ3v) is 5.77. The Kier molecular flexibility index (Phi) is 8.27. The molecule has 0 saturated heterocycles. The fraction of sp³-hybridized carbons (Fsp3) is 1.00. The lowest BCUT2D eigenvalue weighted by Gasteiger charge is -2.24. The quantitative estimate of drug-likeness (QED) is 0.605. The van der Waals surface area contributed by atoms with Gasteiger partial charge in [-0.15, -0.1) is 0 Å². The van der Waals surface area contributed by atoms with E-state index in [1.165, 1.54) is 0 Å². The Hall–Kier alpha value is 0.0569. The summed E-state index contributed by atoms with van der Waals surface area (Å²) in [5.41, 5.74) is 5.46. The van der Waals surface area contributed by atoms with Crippen LogP contribution in [0.1, 0.15) is 12.8 Å². The highest BCUT2D eigenvalue weighted by molar-refractivity contribution is 6.65. The first-order valence-corrected chi connectivity index (χ1v) is 8.09. The molecule has 0 unspecified atom stereocenters. The Balaban J connectivity index is 3.59. The van der Waals surface area contributed by atoms with Crippen LogP contribution in [0.25, 0.3) is 0 Å². The largest absolute Gasteiger partial charge is 0.398 e. The minimum absolute atomic E-state index is 0.771. The minimum atomic E-state index is -1.85. The van der Waals surface area contributed by atoms with Gasteiger partial charge in [0.15, 0.2) is 0 Å². The highest BCUT2D eigenvalue weighted by Crippen LogP contribution is 2.13. The number of hydrogen-bond donors (Lipinski definition) is 1. The van der Waals surface area contributed by atoms with Crippen LogP contribution in [0.15, 0.2) is 0 Å². The van der Waals surface area contributed by atoms with Gasteiger partial charge in [-0.25, -0.2) is 0 Å². The zero-order valence-corrected chi connectivity index (χ0v) is 11.6. The first-order chi connectivity index (χ1) is 7.08. The molecule has 0 radical (unpaired) electrons. The van der Waals surface area contributed by atoms with Crippen LogP contribution >= 0.6 is 0 Å². The molecule has 0 saturated carbocycles. The van der Waals surface area contributed by atoms with Crippen molar-refractivity contribution in [1.29, 1.82) is 0 Å². The van der Waals surface area contributed by atoms with Crippen LogP contribution in [-0.4, -0.2) is 54.4 Å². The molecule has 0 aromatic heterocycles. The first kappa shape index (κ1) is 15.1. The zero-order valence-electron chi connectivity index (χ0n) is 10.6. The summed E-state index contributed by atoms with van der Waals surface area (Å²) in [5, 5.41) is 0. The van der Waals surface area contributed by atoms with Crippen LogP contribution in [-0.2, 0) is 8.85 Å². The summed E-state index contributed by atoms with van der Waals surface area (Å²) >= 11 is 0. The Morgan fingerprint density at radius 3 is 2.13 bits per heavy atom. The van der Waals surface area contributed by atoms with E-state index in [1.807, 2.05) is 0 Å². The number of nitrogens with two attached hydrogens (primary N) is 1. The Morgan fingerprint density at radius 2 is 1.67 bits per heavy atom. The van der Waals surface area contributed by atoms with Gasteiger partial charge in [0.05, 0.1) is 0 Å². The number of rotatable bonds is 9. The van der Waals surface area contributed by atoms with E-state index in [2.05, 4.69) is 18.5 Å². The average molecular weight is 234 g/mol. The second-order valence-electron chi connectivity index (χ2n) is 4.09. The summed E-state index contributed by atoms with van der Waals surface area (Å²) in [4.78, 5) is 2.31. The van der Waals surface area contributed by atoms with Crippen LogP contribution < -0.4 is 5.73 Å². The van der Waals surface area contributed by atoms with Gasteiger partial charge in [-0.3, -0.25) is 0 Å². The van der Waals surface area contributed by atoms with Gasteiger partial charge in [0, 0.05) is 14.2 Å². The molecule has 0 aromatic rings. The van der Waals surface area contributed by atoms with E-state index in [9.17, 15) is 0 Å². The van der Waals surface area contributed by atoms with Gasteiger partial charge >= 0.3 is 8.56 Å². The van der Waals surface area contributed by atoms with Gasteiger partial charge in [0.2, 0.25) is 0 Å². The lowest BCUT2D eigenvalue weighted by molar-refractivity contribution is 0.244. The Labute approximate surface area is 95.0 Å². The van der Waals surface area contributed by atoms with E-state index in [-0.39, 0.29) is 0 Å². The standard InChI is InChI=1S/C10H26N2O2Si/c1-12(8-5-7-11)9-6-10-15(4,13-2)14-3/h5-11H2,1-4H3. The van der Waals surface area contributed by atoms with Crippen LogP contribution in [0, 0.1) is 0 Å². The lowest BCUT2D eigenvalue weighted by atomic mass is 10.3. The predicted molar refractivity (Wildman–Crippen MR) is 66.2 cm³/mol. The number of nitrogens with zero attached hydrogens (tertiary/aromatic N) is 1. The highest BCUT2D eigenvalue weighted by atomic mass is 28.4. The summed E-state index contributed by atoms with van der Waals surface area (Å²) in [5.74, 6) is 0. The molecule has 0 rings (SSSR count). The van der Waals surface area contributed by atoms with Crippen molar-refractivity contribution >= 4 is 8.56 Å². The molecule has 2 N–H and O–H groups in total. The van der Waals surface area contributed by atoms with Gasteiger partial charge in [-0.2, -0.15) is 0 Å². The second kappa shape index (κ2) is 8.24. The molecule has 0 aliphatic carbocycles. The van der Waals surface area contributed by atoms with E-state index in [0.717, 1.165) is 38.5 Å². The topological polar surface area (TPSA) is 47.7 Å². The Bertz CT molecular complexity index is 154. The lowest BCUT2D eigenvalue weighted by Crippen LogP contribution is -2.37. The van der Waals surface area contributed by atoms with Crippen molar-refractivity contribution < 1.29 is 8.85 Å². The van der Waals surface area contributed by atoms with Crippen LogP contribution in [0.3, 0.4) is 0 Å². The number of hydrogen-bond acceptors (Lipinski definition) is 4. The van der Waals surface area contributed by atoms with Crippen LogP contribution in [0.4, 0.5) is 0 Å². The fourth-order valence-electron chi connectivity index (χ4n) is 1.43. The van der Waals surface area contributed by atoms with Gasteiger partial charge < -0.3 is 19.5 Å². The smallest absolute Gasteiger partial charge is 0.334 e. The molecule has 0 atom stereocenters. The van der Waals surface area contributed by atoms with Gasteiger partial charge in [-0.05, 0) is 52.1 Å². The maximum absolute atomic E-state index is 5.46. The molecule has 0 amide bonds. The van der Waals surface area contributed by atoms with Crippen molar-refractivity contribution in [2.75, 3.05) is 40.9 Å². The predicted octanol–water partition coefficient (Wildman–Crippen LogP) is 1.02. The van der Waals surface area contributed by atoms with Gasteiger partial charge in [0.25, 0.3) is 0 Å². The third kappa shape index (κ3) is 7.02. The summed E-state index contributed by atoms with van der Waals surface area (Å²) in [6.07, 6.45) is 2.20. The summed E-state index contributed by atoms with van der Waals surface area (Å²) in [6, 6.07) is 1.05. The van der Waals surface area contributed by atoms with Crippen molar-refractivity contribution in [2.24, 2.45) is 5.73 Å².